The molecule has 1 atom stereocenters. The third-order valence-electron chi connectivity index (χ3n) is 2.41. The van der Waals surface area contributed by atoms with Crippen LogP contribution in [0.1, 0.15) is 35.0 Å². The van der Waals surface area contributed by atoms with E-state index in [0.29, 0.717) is 18.9 Å². The average Bonchev–Trinajstić information content (AvgIpc) is 2.49. The zero-order valence-electron chi connectivity index (χ0n) is 10.5. The van der Waals surface area contributed by atoms with Crippen molar-refractivity contribution in [2.24, 2.45) is 5.92 Å². The third-order valence-corrected chi connectivity index (χ3v) is 2.41. The van der Waals surface area contributed by atoms with E-state index in [-0.39, 0.29) is 5.91 Å². The lowest BCUT2D eigenvalue weighted by Gasteiger charge is -2.24. The first kappa shape index (κ1) is 9.97. The van der Waals surface area contributed by atoms with Crippen molar-refractivity contribution in [3.63, 3.8) is 0 Å². The van der Waals surface area contributed by atoms with Crippen LogP contribution in [0.15, 0.2) is 0 Å². The fourth-order valence-electron chi connectivity index (χ4n) is 1.89. The van der Waals surface area contributed by atoms with Gasteiger partial charge in [0.1, 0.15) is 0 Å². The molecule has 0 bridgehead atoms. The Morgan fingerprint density at radius 2 is 2.43 bits per heavy atom. The summed E-state index contributed by atoms with van der Waals surface area (Å²) in [5.41, 5.74) is 0. The van der Waals surface area contributed by atoms with Gasteiger partial charge in [-0.15, -0.1) is 0 Å². The zero-order valence-corrected chi connectivity index (χ0v) is 9.47. The molecule has 14 heavy (non-hydrogen) atoms. The molecule has 3 heteroatoms. The molecule has 1 amide bonds. The van der Waals surface area contributed by atoms with Crippen LogP contribution in [-0.2, 0) is 4.79 Å². The van der Waals surface area contributed by atoms with E-state index in [0.717, 1.165) is 19.5 Å². The summed E-state index contributed by atoms with van der Waals surface area (Å²) in [6.45, 7) is 8.45. The number of hydrogen-bond donors (Lipinski definition) is 1. The van der Waals surface area contributed by atoms with Gasteiger partial charge in [-0.05, 0) is 32.2 Å². The van der Waals surface area contributed by atoms with E-state index in [9.17, 15) is 4.79 Å². The fourth-order valence-corrected chi connectivity index (χ4v) is 1.89. The monoisotopic (exact) mass is 202 g/mol. The molecule has 82 valence electrons. The molecule has 0 aromatic carbocycles. The minimum absolute atomic E-state index is 0.136. The molecule has 1 N–H and O–H groups in total. The second-order valence-electron chi connectivity index (χ2n) is 4.25. The Labute approximate surface area is 88.3 Å². The van der Waals surface area contributed by atoms with Crippen LogP contribution in [-0.4, -0.2) is 36.5 Å². The molecule has 0 aromatic heterocycles. The summed E-state index contributed by atoms with van der Waals surface area (Å²) >= 11 is 0. The summed E-state index contributed by atoms with van der Waals surface area (Å²) in [4.78, 5) is 13.8. The molecule has 1 heterocycles. The van der Waals surface area contributed by atoms with Gasteiger partial charge in [-0.3, -0.25) is 9.69 Å². The van der Waals surface area contributed by atoms with Crippen molar-refractivity contribution < 1.29 is 6.17 Å². The normalized spacial score (nSPS) is 29.3. The maximum Gasteiger partial charge on any atom is 0.237 e. The number of likely N-dealkylation sites (N-methyl/N-ethyl adjacent to an activating group) is 1. The van der Waals surface area contributed by atoms with Gasteiger partial charge in [-0.2, -0.15) is 0 Å². The van der Waals surface area contributed by atoms with Gasteiger partial charge in [0.15, 0.2) is 0 Å². The van der Waals surface area contributed by atoms with E-state index < -0.39 is 6.02 Å². The number of nitrogens with one attached hydrogen (secondary N) is 1. The van der Waals surface area contributed by atoms with Crippen LogP contribution >= 0.6 is 0 Å². The molecule has 1 aliphatic rings. The Hall–Kier alpha value is -0.570. The van der Waals surface area contributed by atoms with Gasteiger partial charge in [0.25, 0.3) is 0 Å². The molecular weight excluding hydrogens is 179 g/mol. The highest BCUT2D eigenvalue weighted by Crippen LogP contribution is 2.18. The van der Waals surface area contributed by atoms with Gasteiger partial charge in [-0.25, -0.2) is 0 Å². The molecule has 0 aliphatic carbocycles. The van der Waals surface area contributed by atoms with Crippen LogP contribution in [0.25, 0.3) is 0 Å². The van der Waals surface area contributed by atoms with Crippen molar-refractivity contribution in [1.29, 1.82) is 0 Å². The first-order chi connectivity index (χ1) is 7.00. The molecule has 1 rings (SSSR count). The number of carbonyl (C=O) groups excluding carboxylic acids is 1. The summed E-state index contributed by atoms with van der Waals surface area (Å²) in [5.74, 6) is 0.366. The van der Waals surface area contributed by atoms with Gasteiger partial charge in [0, 0.05) is 13.1 Å². The number of carbonyl (C=O) groups is 1. The topological polar surface area (TPSA) is 32.3 Å². The first-order valence-corrected chi connectivity index (χ1v) is 5.54. The molecule has 1 saturated heterocycles. The Morgan fingerprint density at radius 3 is 3.00 bits per heavy atom. The van der Waals surface area contributed by atoms with Gasteiger partial charge in [-0.1, -0.05) is 13.8 Å². The fraction of sp³-hybridized carbons (Fsp3) is 0.909. The largest absolute Gasteiger partial charge is 0.355 e. The molecule has 0 aromatic rings. The van der Waals surface area contributed by atoms with E-state index in [1.54, 1.807) is 0 Å². The van der Waals surface area contributed by atoms with Crippen LogP contribution in [0.5, 0.6) is 0 Å². The van der Waals surface area contributed by atoms with E-state index in [4.69, 9.17) is 1.37 Å². The van der Waals surface area contributed by atoms with Crippen LogP contribution in [0.2, 0.25) is 0 Å². The van der Waals surface area contributed by atoms with E-state index >= 15 is 0 Å². The van der Waals surface area contributed by atoms with Crippen molar-refractivity contribution in [2.75, 3.05) is 19.6 Å². The highest BCUT2D eigenvalue weighted by Gasteiger charge is 2.30. The van der Waals surface area contributed by atoms with Crippen molar-refractivity contribution in [1.82, 2.24) is 10.2 Å². The van der Waals surface area contributed by atoms with E-state index in [1.807, 2.05) is 11.8 Å². The quantitative estimate of drug-likeness (QED) is 0.696. The van der Waals surface area contributed by atoms with Gasteiger partial charge >= 0.3 is 0 Å². The van der Waals surface area contributed by atoms with Crippen LogP contribution in [0.3, 0.4) is 0 Å². The van der Waals surface area contributed by atoms with Crippen molar-refractivity contribution in [3.8, 4) is 0 Å². The number of rotatable bonds is 4. The van der Waals surface area contributed by atoms with Crippen LogP contribution in [0, 0.1) is 5.92 Å². The molecule has 1 unspecified atom stereocenters. The summed E-state index contributed by atoms with van der Waals surface area (Å²) in [6.07, 6.45) is 1.61. The lowest BCUT2D eigenvalue weighted by molar-refractivity contribution is -0.125. The molecule has 3 nitrogen and oxygen atoms in total. The standard InChI is InChI=1S/C11H22N2O/c1-4-12-11(14)10-6-5-7-13(10)8-9(2)3/h9-10H,4-8H2,1-3H3,(H,12,14)/i1+1,4+1,8+1,10D. The highest BCUT2D eigenvalue weighted by molar-refractivity contribution is 5.81. The van der Waals surface area contributed by atoms with Crippen molar-refractivity contribution in [3.05, 3.63) is 0 Å². The number of hydrogen-bond acceptors (Lipinski definition) is 2. The first-order valence-electron chi connectivity index (χ1n) is 6.04. The maximum atomic E-state index is 11.8. The summed E-state index contributed by atoms with van der Waals surface area (Å²) < 4.78 is 8.25. The Morgan fingerprint density at radius 1 is 1.71 bits per heavy atom. The second kappa shape index (κ2) is 5.35. The van der Waals surface area contributed by atoms with Crippen molar-refractivity contribution >= 4 is 5.91 Å². The Kier molecular flexibility index (Phi) is 3.80. The summed E-state index contributed by atoms with van der Waals surface area (Å²) in [5, 5.41) is 2.76. The van der Waals surface area contributed by atoms with Crippen LogP contribution in [0.4, 0.5) is 0 Å². The van der Waals surface area contributed by atoms with Crippen molar-refractivity contribution in [2.45, 2.75) is 39.6 Å². The van der Waals surface area contributed by atoms with Gasteiger partial charge in [0.2, 0.25) is 5.91 Å². The molecular formula is C11H22N2O. The predicted molar refractivity (Wildman–Crippen MR) is 58.1 cm³/mol. The van der Waals surface area contributed by atoms with Crippen LogP contribution < -0.4 is 5.32 Å². The maximum absolute atomic E-state index is 11.8. The van der Waals surface area contributed by atoms with E-state index in [2.05, 4.69) is 19.2 Å². The number of likely N-dealkylation sites (tertiary alicyclic amines) is 1. The predicted octanol–water partition coefficient (Wildman–Crippen LogP) is 1.24. The Balaban J connectivity index is 2.67. The highest BCUT2D eigenvalue weighted by atomic mass is 16.2. The smallest absolute Gasteiger partial charge is 0.237 e. The molecule has 0 saturated carbocycles. The molecule has 1 fully saturated rings. The SMILES string of the molecule is [2H]C1(C(=O)N[13CH2][13CH3])CCCN1[13CH2]C(C)C. The third kappa shape index (κ3) is 2.98. The molecule has 0 radical (unpaired) electrons. The zero-order chi connectivity index (χ0) is 11.5. The Bertz CT molecular complexity index is 233. The second-order valence-corrected chi connectivity index (χ2v) is 4.25. The summed E-state index contributed by atoms with van der Waals surface area (Å²) in [6, 6.07) is -1.01. The van der Waals surface area contributed by atoms with Gasteiger partial charge < -0.3 is 5.32 Å². The number of nitrogens with zero attached hydrogens (tertiary/aromatic N) is 1. The minimum atomic E-state index is -1.01. The lowest BCUT2D eigenvalue weighted by Crippen LogP contribution is -2.44. The summed E-state index contributed by atoms with van der Waals surface area (Å²) in [7, 11) is 0. The average molecular weight is 202 g/mol. The molecule has 1 aliphatic heterocycles. The minimum Gasteiger partial charge on any atom is -0.355 e. The molecule has 0 spiro atoms. The lowest BCUT2D eigenvalue weighted by atomic mass is 10.2. The van der Waals surface area contributed by atoms with E-state index in [1.165, 1.54) is 0 Å². The van der Waals surface area contributed by atoms with Gasteiger partial charge in [0.05, 0.1) is 7.39 Å². The number of amides is 1.